The van der Waals surface area contributed by atoms with E-state index in [-0.39, 0.29) is 0 Å². The molecule has 1 aromatic carbocycles. The quantitative estimate of drug-likeness (QED) is 0.634. The SMILES string of the molecule is CON(OC)c1cc2ccc1CC2OS(=O)(=O)O. The summed E-state index contributed by atoms with van der Waals surface area (Å²) in [5.41, 5.74) is 2.09. The molecule has 0 aliphatic heterocycles. The van der Waals surface area contributed by atoms with E-state index in [0.717, 1.165) is 5.56 Å². The molecule has 7 nitrogen and oxygen atoms in total. The topological polar surface area (TPSA) is 85.3 Å². The molecule has 0 saturated carbocycles. The van der Waals surface area contributed by atoms with Gasteiger partial charge in [0.25, 0.3) is 0 Å². The van der Waals surface area contributed by atoms with Crippen LogP contribution in [0, 0.1) is 0 Å². The second-order valence-corrected chi connectivity index (χ2v) is 4.78. The van der Waals surface area contributed by atoms with Crippen LogP contribution in [0.2, 0.25) is 0 Å². The van der Waals surface area contributed by atoms with Crippen molar-refractivity contribution >= 4 is 16.1 Å². The van der Waals surface area contributed by atoms with Gasteiger partial charge in [-0.1, -0.05) is 12.1 Å². The van der Waals surface area contributed by atoms with Crippen LogP contribution in [-0.2, 0) is 30.7 Å². The fraction of sp³-hybridized carbons (Fsp3) is 0.400. The summed E-state index contributed by atoms with van der Waals surface area (Å²) in [5.74, 6) is 0. The summed E-state index contributed by atoms with van der Waals surface area (Å²) < 4.78 is 34.7. The van der Waals surface area contributed by atoms with Crippen LogP contribution >= 0.6 is 0 Å². The zero-order chi connectivity index (χ0) is 13.3. The van der Waals surface area contributed by atoms with Crippen molar-refractivity contribution < 1.29 is 26.8 Å². The molecule has 1 unspecified atom stereocenters. The molecule has 0 radical (unpaired) electrons. The van der Waals surface area contributed by atoms with Gasteiger partial charge in [0.1, 0.15) is 6.10 Å². The Bertz CT molecular complexity index is 539. The van der Waals surface area contributed by atoms with E-state index in [2.05, 4.69) is 4.18 Å². The molecule has 0 fully saturated rings. The summed E-state index contributed by atoms with van der Waals surface area (Å²) in [6.07, 6.45) is -0.389. The minimum atomic E-state index is -4.47. The zero-order valence-corrected chi connectivity index (χ0v) is 10.7. The minimum Gasteiger partial charge on any atom is -0.264 e. The van der Waals surface area contributed by atoms with Crippen molar-refractivity contribution in [3.8, 4) is 0 Å². The number of hydrogen-bond donors (Lipinski definition) is 1. The molecule has 2 aliphatic rings. The Kier molecular flexibility index (Phi) is 3.55. The smallest absolute Gasteiger partial charge is 0.264 e. The largest absolute Gasteiger partial charge is 0.397 e. The molecule has 2 aliphatic carbocycles. The predicted octanol–water partition coefficient (Wildman–Crippen LogP) is 1.03. The first-order valence-corrected chi connectivity index (χ1v) is 6.48. The van der Waals surface area contributed by atoms with Crippen molar-refractivity contribution in [1.29, 1.82) is 0 Å². The lowest BCUT2D eigenvalue weighted by atomic mass is 9.92. The summed E-state index contributed by atoms with van der Waals surface area (Å²) >= 11 is 0. The van der Waals surface area contributed by atoms with E-state index in [0.29, 0.717) is 17.7 Å². The summed E-state index contributed by atoms with van der Waals surface area (Å²) in [4.78, 5) is 9.99. The average molecular weight is 275 g/mol. The molecule has 1 N–H and O–H groups in total. The summed E-state index contributed by atoms with van der Waals surface area (Å²) in [6, 6.07) is 5.23. The maximum atomic E-state index is 10.7. The van der Waals surface area contributed by atoms with Crippen LogP contribution in [0.3, 0.4) is 0 Å². The molecular weight excluding hydrogens is 262 g/mol. The first kappa shape index (κ1) is 13.2. The first-order chi connectivity index (χ1) is 8.44. The minimum absolute atomic E-state index is 0.320. The highest BCUT2D eigenvalue weighted by atomic mass is 32.3. The second kappa shape index (κ2) is 4.82. The second-order valence-electron chi connectivity index (χ2n) is 3.73. The fourth-order valence-corrected chi connectivity index (χ4v) is 2.42. The van der Waals surface area contributed by atoms with Gasteiger partial charge < -0.3 is 0 Å². The van der Waals surface area contributed by atoms with Gasteiger partial charge in [-0.3, -0.25) is 14.2 Å². The molecular formula is C10H13NO6S. The highest BCUT2D eigenvalue weighted by Crippen LogP contribution is 2.37. The van der Waals surface area contributed by atoms with Gasteiger partial charge in [-0.05, 0) is 17.2 Å². The highest BCUT2D eigenvalue weighted by Gasteiger charge is 2.28. The molecule has 3 rings (SSSR count). The number of benzene rings is 1. The normalized spacial score (nSPS) is 18.1. The third kappa shape index (κ3) is 2.62. The van der Waals surface area contributed by atoms with Gasteiger partial charge in [0, 0.05) is 6.42 Å². The van der Waals surface area contributed by atoms with Crippen LogP contribution in [0.4, 0.5) is 5.69 Å². The summed E-state index contributed by atoms with van der Waals surface area (Å²) in [7, 11) is -1.56. The lowest BCUT2D eigenvalue weighted by molar-refractivity contribution is -0.0441. The van der Waals surface area contributed by atoms with Crippen LogP contribution in [-0.4, -0.2) is 27.2 Å². The third-order valence-electron chi connectivity index (χ3n) is 2.65. The van der Waals surface area contributed by atoms with Crippen LogP contribution in [0.15, 0.2) is 18.2 Å². The van der Waals surface area contributed by atoms with Gasteiger partial charge in [-0.15, -0.1) is 5.23 Å². The number of hydrogen-bond acceptors (Lipinski definition) is 6. The Morgan fingerprint density at radius 1 is 1.33 bits per heavy atom. The Hall–Kier alpha value is -1.19. The van der Waals surface area contributed by atoms with Crippen LogP contribution in [0.25, 0.3) is 0 Å². The van der Waals surface area contributed by atoms with Crippen molar-refractivity contribution in [1.82, 2.24) is 0 Å². The van der Waals surface area contributed by atoms with Gasteiger partial charge >= 0.3 is 10.4 Å². The van der Waals surface area contributed by atoms with Crippen LogP contribution < -0.4 is 5.23 Å². The molecule has 0 heterocycles. The zero-order valence-electron chi connectivity index (χ0n) is 9.86. The van der Waals surface area contributed by atoms with Crippen LogP contribution in [0.1, 0.15) is 17.2 Å². The van der Waals surface area contributed by atoms with Crippen molar-refractivity contribution in [2.75, 3.05) is 19.4 Å². The first-order valence-electron chi connectivity index (χ1n) is 5.11. The molecule has 0 saturated heterocycles. The Labute approximate surface area is 105 Å². The molecule has 8 heteroatoms. The average Bonchev–Trinajstić information content (AvgIpc) is 2.30. The third-order valence-corrected chi connectivity index (χ3v) is 3.13. The summed E-state index contributed by atoms with van der Waals surface area (Å²) in [6.45, 7) is 0. The molecule has 0 amide bonds. The maximum absolute atomic E-state index is 10.7. The van der Waals surface area contributed by atoms with E-state index in [9.17, 15) is 8.42 Å². The number of rotatable bonds is 5. The van der Waals surface area contributed by atoms with E-state index in [1.54, 1.807) is 12.1 Å². The van der Waals surface area contributed by atoms with Gasteiger partial charge in [-0.25, -0.2) is 4.18 Å². The Morgan fingerprint density at radius 3 is 2.44 bits per heavy atom. The standard InChI is InChI=1S/C10H13NO6S/c1-15-11(16-2)9-5-8-4-3-7(9)6-10(8)17-18(12,13)14/h3-5,10H,6H2,1-2H3,(H,12,13,14). The van der Waals surface area contributed by atoms with E-state index >= 15 is 0 Å². The maximum Gasteiger partial charge on any atom is 0.397 e. The molecule has 0 aromatic heterocycles. The lowest BCUT2D eigenvalue weighted by Crippen LogP contribution is -2.25. The van der Waals surface area contributed by atoms with Crippen molar-refractivity contribution in [3.63, 3.8) is 0 Å². The fourth-order valence-electron chi connectivity index (χ4n) is 1.95. The molecule has 0 spiro atoms. The van der Waals surface area contributed by atoms with Crippen molar-refractivity contribution in [2.24, 2.45) is 0 Å². The number of fused-ring (bicyclic) bond motifs is 3. The van der Waals surface area contributed by atoms with Gasteiger partial charge in [0.2, 0.25) is 0 Å². The van der Waals surface area contributed by atoms with Crippen molar-refractivity contribution in [2.45, 2.75) is 12.5 Å². The number of anilines is 1. The monoisotopic (exact) mass is 275 g/mol. The predicted molar refractivity (Wildman–Crippen MR) is 62.0 cm³/mol. The molecule has 2 bridgehead atoms. The Balaban J connectivity index is 2.29. The van der Waals surface area contributed by atoms with E-state index in [1.165, 1.54) is 19.4 Å². The molecule has 1 atom stereocenters. The van der Waals surface area contributed by atoms with Gasteiger partial charge in [-0.2, -0.15) is 8.42 Å². The van der Waals surface area contributed by atoms with Crippen molar-refractivity contribution in [3.05, 3.63) is 29.3 Å². The van der Waals surface area contributed by atoms with E-state index in [1.807, 2.05) is 6.07 Å². The number of nitrogens with zero attached hydrogens (tertiary/aromatic N) is 1. The Morgan fingerprint density at radius 2 is 2.00 bits per heavy atom. The molecule has 1 aromatic rings. The van der Waals surface area contributed by atoms with Crippen LogP contribution in [0.5, 0.6) is 0 Å². The highest BCUT2D eigenvalue weighted by molar-refractivity contribution is 7.80. The molecule has 100 valence electrons. The van der Waals surface area contributed by atoms with E-state index in [4.69, 9.17) is 14.2 Å². The summed E-state index contributed by atoms with van der Waals surface area (Å²) in [5, 5.41) is 1.21. The lowest BCUT2D eigenvalue weighted by Gasteiger charge is -2.28. The van der Waals surface area contributed by atoms with Gasteiger partial charge in [0.15, 0.2) is 0 Å². The van der Waals surface area contributed by atoms with Gasteiger partial charge in [0.05, 0.1) is 19.9 Å². The molecule has 18 heavy (non-hydrogen) atoms. The van der Waals surface area contributed by atoms with E-state index < -0.39 is 16.5 Å².